The van der Waals surface area contributed by atoms with Crippen LogP contribution in [0.25, 0.3) is 0 Å². The zero-order chi connectivity index (χ0) is 23.2. The molecule has 4 rings (SSSR count). The van der Waals surface area contributed by atoms with Crippen molar-refractivity contribution in [2.45, 2.75) is 6.42 Å². The maximum Gasteiger partial charge on any atom is 0.342 e. The van der Waals surface area contributed by atoms with Crippen LogP contribution in [0.4, 0.5) is 16.2 Å². The van der Waals surface area contributed by atoms with Gasteiger partial charge in [0.05, 0.1) is 11.4 Å². The first-order chi connectivity index (χ1) is 16.1. The van der Waals surface area contributed by atoms with E-state index in [0.717, 1.165) is 16.1 Å². The molecule has 8 heteroatoms. The SMILES string of the molecule is O=Cc1ccc(OCCOc2ccccc2N2C(=O)CC(=O)N(c3ccccc3)C2=O)cc1. The Balaban J connectivity index is 1.48. The minimum Gasteiger partial charge on any atom is -0.490 e. The van der Waals surface area contributed by atoms with E-state index in [0.29, 0.717) is 22.7 Å². The number of nitrogens with zero attached hydrogens (tertiary/aromatic N) is 2. The van der Waals surface area contributed by atoms with E-state index in [4.69, 9.17) is 9.47 Å². The van der Waals surface area contributed by atoms with Crippen LogP contribution in [0.2, 0.25) is 0 Å². The van der Waals surface area contributed by atoms with E-state index in [9.17, 15) is 19.2 Å². The lowest BCUT2D eigenvalue weighted by molar-refractivity contribution is -0.126. The zero-order valence-corrected chi connectivity index (χ0v) is 17.5. The van der Waals surface area contributed by atoms with Crippen LogP contribution in [0.1, 0.15) is 16.8 Å². The molecule has 0 atom stereocenters. The number of benzene rings is 3. The highest BCUT2D eigenvalue weighted by Crippen LogP contribution is 2.33. The Hall–Kier alpha value is -4.46. The maximum atomic E-state index is 13.2. The number of amides is 4. The van der Waals surface area contributed by atoms with Crippen LogP contribution in [0.15, 0.2) is 78.9 Å². The molecule has 4 amide bonds. The lowest BCUT2D eigenvalue weighted by atomic mass is 10.2. The fourth-order valence-corrected chi connectivity index (χ4v) is 3.39. The third-order valence-electron chi connectivity index (χ3n) is 4.93. The molecule has 0 radical (unpaired) electrons. The monoisotopic (exact) mass is 444 g/mol. The molecule has 33 heavy (non-hydrogen) atoms. The number of ether oxygens (including phenoxy) is 2. The van der Waals surface area contributed by atoms with Crippen LogP contribution in [0, 0.1) is 0 Å². The molecule has 0 unspecified atom stereocenters. The predicted molar refractivity (Wildman–Crippen MR) is 121 cm³/mol. The average molecular weight is 444 g/mol. The maximum absolute atomic E-state index is 13.2. The van der Waals surface area contributed by atoms with E-state index in [1.54, 1.807) is 78.9 Å². The van der Waals surface area contributed by atoms with Gasteiger partial charge in [0, 0.05) is 5.56 Å². The molecule has 3 aromatic carbocycles. The molecule has 0 aromatic heterocycles. The second kappa shape index (κ2) is 9.78. The minimum absolute atomic E-state index is 0.143. The average Bonchev–Trinajstić information content (AvgIpc) is 2.83. The van der Waals surface area contributed by atoms with Gasteiger partial charge in [-0.3, -0.25) is 14.4 Å². The number of anilines is 2. The molecular formula is C25H20N2O6. The van der Waals surface area contributed by atoms with E-state index < -0.39 is 24.3 Å². The van der Waals surface area contributed by atoms with Crippen molar-refractivity contribution in [2.24, 2.45) is 0 Å². The summed E-state index contributed by atoms with van der Waals surface area (Å²) < 4.78 is 11.4. The van der Waals surface area contributed by atoms with Gasteiger partial charge in [-0.1, -0.05) is 30.3 Å². The van der Waals surface area contributed by atoms with Gasteiger partial charge in [0.15, 0.2) is 0 Å². The Morgan fingerprint density at radius 1 is 0.727 bits per heavy atom. The molecule has 1 aliphatic rings. The predicted octanol–water partition coefficient (Wildman–Crippen LogP) is 3.85. The number of hydrogen-bond donors (Lipinski definition) is 0. The quantitative estimate of drug-likeness (QED) is 0.298. The Kier molecular flexibility index (Phi) is 6.45. The molecule has 1 aliphatic heterocycles. The van der Waals surface area contributed by atoms with Crippen molar-refractivity contribution in [3.05, 3.63) is 84.4 Å². The third kappa shape index (κ3) is 4.74. The smallest absolute Gasteiger partial charge is 0.342 e. The van der Waals surface area contributed by atoms with Gasteiger partial charge in [-0.05, 0) is 48.5 Å². The summed E-state index contributed by atoms with van der Waals surface area (Å²) in [6.07, 6.45) is 0.314. The summed E-state index contributed by atoms with van der Waals surface area (Å²) in [4.78, 5) is 51.0. The van der Waals surface area contributed by atoms with Crippen molar-refractivity contribution in [2.75, 3.05) is 23.0 Å². The van der Waals surface area contributed by atoms with Crippen LogP contribution < -0.4 is 19.3 Å². The number of carbonyl (C=O) groups excluding carboxylic acids is 4. The van der Waals surface area contributed by atoms with Crippen molar-refractivity contribution in [3.8, 4) is 11.5 Å². The standard InChI is InChI=1S/C25H20N2O6/c28-17-18-10-12-20(13-11-18)32-14-15-33-22-9-5-4-8-21(22)27-24(30)16-23(29)26(25(27)31)19-6-2-1-3-7-19/h1-13,17H,14-16H2. The van der Waals surface area contributed by atoms with Crippen molar-refractivity contribution >= 4 is 35.5 Å². The molecule has 0 saturated carbocycles. The number of para-hydroxylation sites is 3. The first-order valence-corrected chi connectivity index (χ1v) is 10.2. The van der Waals surface area contributed by atoms with Gasteiger partial charge in [-0.2, -0.15) is 0 Å². The summed E-state index contributed by atoms with van der Waals surface area (Å²) in [6.45, 7) is 0.343. The second-order valence-electron chi connectivity index (χ2n) is 7.10. The molecule has 0 N–H and O–H groups in total. The van der Waals surface area contributed by atoms with Gasteiger partial charge in [0.25, 0.3) is 0 Å². The summed E-state index contributed by atoms with van der Waals surface area (Å²) in [5.41, 5.74) is 1.18. The number of urea groups is 1. The van der Waals surface area contributed by atoms with Crippen molar-refractivity contribution in [1.82, 2.24) is 0 Å². The van der Waals surface area contributed by atoms with Crippen LogP contribution in [0.5, 0.6) is 11.5 Å². The number of carbonyl (C=O) groups is 4. The molecule has 1 fully saturated rings. The van der Waals surface area contributed by atoms with Crippen molar-refractivity contribution in [1.29, 1.82) is 0 Å². The molecule has 3 aromatic rings. The van der Waals surface area contributed by atoms with Gasteiger partial charge < -0.3 is 9.47 Å². The fourth-order valence-electron chi connectivity index (χ4n) is 3.39. The number of hydrogen-bond acceptors (Lipinski definition) is 6. The Morgan fingerprint density at radius 3 is 2.09 bits per heavy atom. The van der Waals surface area contributed by atoms with Gasteiger partial charge in [0.1, 0.15) is 37.4 Å². The van der Waals surface area contributed by atoms with Crippen LogP contribution >= 0.6 is 0 Å². The summed E-state index contributed by atoms with van der Waals surface area (Å²) in [7, 11) is 0. The molecule has 0 spiro atoms. The number of aldehydes is 1. The number of imide groups is 2. The van der Waals surface area contributed by atoms with E-state index in [1.807, 2.05) is 0 Å². The first-order valence-electron chi connectivity index (χ1n) is 10.2. The van der Waals surface area contributed by atoms with Crippen LogP contribution in [-0.2, 0) is 9.59 Å². The summed E-state index contributed by atoms with van der Waals surface area (Å²) >= 11 is 0. The normalized spacial score (nSPS) is 13.8. The van der Waals surface area contributed by atoms with Crippen LogP contribution in [-0.4, -0.2) is 37.3 Å². The van der Waals surface area contributed by atoms with Gasteiger partial charge in [-0.15, -0.1) is 0 Å². The fraction of sp³-hybridized carbons (Fsp3) is 0.120. The Bertz CT molecular complexity index is 1180. The Morgan fingerprint density at radius 2 is 1.36 bits per heavy atom. The lowest BCUT2D eigenvalue weighted by Gasteiger charge is -2.33. The molecule has 166 valence electrons. The van der Waals surface area contributed by atoms with E-state index in [2.05, 4.69) is 0 Å². The topological polar surface area (TPSA) is 93.2 Å². The molecule has 8 nitrogen and oxygen atoms in total. The summed E-state index contributed by atoms with van der Waals surface area (Å²) in [5, 5.41) is 0. The molecule has 0 bridgehead atoms. The van der Waals surface area contributed by atoms with Gasteiger partial charge in [-0.25, -0.2) is 14.6 Å². The van der Waals surface area contributed by atoms with Gasteiger partial charge >= 0.3 is 6.03 Å². The van der Waals surface area contributed by atoms with Crippen molar-refractivity contribution < 1.29 is 28.7 Å². The highest BCUT2D eigenvalue weighted by atomic mass is 16.5. The third-order valence-corrected chi connectivity index (χ3v) is 4.93. The molecule has 1 saturated heterocycles. The van der Waals surface area contributed by atoms with Gasteiger partial charge in [0.2, 0.25) is 11.8 Å². The largest absolute Gasteiger partial charge is 0.490 e. The molecular weight excluding hydrogens is 424 g/mol. The highest BCUT2D eigenvalue weighted by Gasteiger charge is 2.40. The van der Waals surface area contributed by atoms with Crippen molar-refractivity contribution in [3.63, 3.8) is 0 Å². The van der Waals surface area contributed by atoms with Crippen LogP contribution in [0.3, 0.4) is 0 Å². The molecule has 0 aliphatic carbocycles. The molecule has 1 heterocycles. The summed E-state index contributed by atoms with van der Waals surface area (Å²) in [5.74, 6) is -0.322. The second-order valence-corrected chi connectivity index (χ2v) is 7.10. The first kappa shape index (κ1) is 21.8. The Labute approximate surface area is 189 Å². The van der Waals surface area contributed by atoms with E-state index >= 15 is 0 Å². The number of rotatable bonds is 8. The lowest BCUT2D eigenvalue weighted by Crippen LogP contribution is -2.55. The van der Waals surface area contributed by atoms with E-state index in [1.165, 1.54) is 0 Å². The summed E-state index contributed by atoms with van der Waals surface area (Å²) in [6, 6.07) is 21.0. The highest BCUT2D eigenvalue weighted by molar-refractivity contribution is 6.35. The van der Waals surface area contributed by atoms with E-state index in [-0.39, 0.29) is 18.9 Å². The zero-order valence-electron chi connectivity index (χ0n) is 17.5. The number of barbiturate groups is 1. The minimum atomic E-state index is -0.759.